The van der Waals surface area contributed by atoms with E-state index in [0.29, 0.717) is 29.2 Å². The van der Waals surface area contributed by atoms with Crippen molar-refractivity contribution in [3.05, 3.63) is 59.2 Å². The van der Waals surface area contributed by atoms with Gasteiger partial charge in [-0.1, -0.05) is 31.0 Å². The number of rotatable bonds is 7. The highest BCUT2D eigenvalue weighted by molar-refractivity contribution is 5.99. The minimum absolute atomic E-state index is 0.355. The van der Waals surface area contributed by atoms with Crippen molar-refractivity contribution in [3.63, 3.8) is 0 Å². The van der Waals surface area contributed by atoms with Crippen molar-refractivity contribution in [1.29, 1.82) is 0 Å². The van der Waals surface area contributed by atoms with Gasteiger partial charge in [-0.15, -0.1) is 0 Å². The molecule has 0 fully saturated rings. The lowest BCUT2D eigenvalue weighted by Gasteiger charge is -2.12. The molecule has 0 saturated carbocycles. The number of hydrogen-bond acceptors (Lipinski definition) is 4. The van der Waals surface area contributed by atoms with Gasteiger partial charge in [0.2, 0.25) is 0 Å². The molecule has 0 saturated heterocycles. The van der Waals surface area contributed by atoms with E-state index in [4.69, 9.17) is 9.47 Å². The molecular formula is C20H24N2O4. The van der Waals surface area contributed by atoms with Gasteiger partial charge in [-0.25, -0.2) is 0 Å². The SMILES string of the molecule is CCCCOc1ccc(C(=O)NNC(=O)c2ccc(C)cc2)cc1OC. The smallest absolute Gasteiger partial charge is 0.269 e. The number of benzene rings is 2. The maximum Gasteiger partial charge on any atom is 0.269 e. The molecule has 0 unspecified atom stereocenters. The maximum absolute atomic E-state index is 12.3. The molecule has 0 radical (unpaired) electrons. The van der Waals surface area contributed by atoms with Crippen LogP contribution in [0.1, 0.15) is 46.0 Å². The highest BCUT2D eigenvalue weighted by Crippen LogP contribution is 2.28. The molecule has 0 bridgehead atoms. The van der Waals surface area contributed by atoms with E-state index in [1.165, 1.54) is 7.11 Å². The first kappa shape index (κ1) is 19.3. The largest absolute Gasteiger partial charge is 0.493 e. The first-order valence-corrected chi connectivity index (χ1v) is 8.53. The lowest BCUT2D eigenvalue weighted by atomic mass is 10.1. The molecule has 2 aromatic carbocycles. The number of nitrogens with one attached hydrogen (secondary N) is 2. The Morgan fingerprint density at radius 1 is 0.923 bits per heavy atom. The summed E-state index contributed by atoms with van der Waals surface area (Å²) in [5, 5.41) is 0. The Hall–Kier alpha value is -3.02. The fourth-order valence-electron chi connectivity index (χ4n) is 2.22. The van der Waals surface area contributed by atoms with E-state index >= 15 is 0 Å². The van der Waals surface area contributed by atoms with Crippen LogP contribution < -0.4 is 20.3 Å². The summed E-state index contributed by atoms with van der Waals surface area (Å²) in [7, 11) is 1.52. The Balaban J connectivity index is 1.98. The van der Waals surface area contributed by atoms with E-state index in [0.717, 1.165) is 18.4 Å². The van der Waals surface area contributed by atoms with Crippen LogP contribution in [0.3, 0.4) is 0 Å². The fourth-order valence-corrected chi connectivity index (χ4v) is 2.22. The highest BCUT2D eigenvalue weighted by Gasteiger charge is 2.12. The van der Waals surface area contributed by atoms with E-state index in [-0.39, 0.29) is 5.91 Å². The molecule has 26 heavy (non-hydrogen) atoms. The molecule has 2 N–H and O–H groups in total. The van der Waals surface area contributed by atoms with Gasteiger partial charge in [0, 0.05) is 11.1 Å². The molecule has 0 spiro atoms. The molecule has 2 rings (SSSR count). The summed E-state index contributed by atoms with van der Waals surface area (Å²) in [6.07, 6.45) is 1.97. The number of carbonyl (C=O) groups excluding carboxylic acids is 2. The predicted molar refractivity (Wildman–Crippen MR) is 99.5 cm³/mol. The first-order valence-electron chi connectivity index (χ1n) is 8.53. The standard InChI is InChI=1S/C20H24N2O4/c1-4-5-12-26-17-11-10-16(13-18(17)25-3)20(24)22-21-19(23)15-8-6-14(2)7-9-15/h6-11,13H,4-5,12H2,1-3H3,(H,21,23)(H,22,24). The number of amides is 2. The van der Waals surface area contributed by atoms with Gasteiger partial charge in [-0.05, 0) is 43.7 Å². The van der Waals surface area contributed by atoms with E-state index in [2.05, 4.69) is 17.8 Å². The summed E-state index contributed by atoms with van der Waals surface area (Å²) in [5.41, 5.74) is 6.68. The third-order valence-corrected chi connectivity index (χ3v) is 3.78. The molecule has 0 aliphatic rings. The number of hydrazine groups is 1. The third kappa shape index (κ3) is 5.24. The van der Waals surface area contributed by atoms with Crippen LogP contribution in [0.4, 0.5) is 0 Å². The van der Waals surface area contributed by atoms with E-state index in [9.17, 15) is 9.59 Å². The zero-order valence-corrected chi connectivity index (χ0v) is 15.3. The van der Waals surface area contributed by atoms with E-state index in [1.54, 1.807) is 30.3 Å². The zero-order chi connectivity index (χ0) is 18.9. The molecule has 0 heterocycles. The quantitative estimate of drug-likeness (QED) is 0.590. The predicted octanol–water partition coefficient (Wildman–Crippen LogP) is 3.26. The van der Waals surface area contributed by atoms with Crippen LogP contribution in [-0.4, -0.2) is 25.5 Å². The average molecular weight is 356 g/mol. The van der Waals surface area contributed by atoms with Crippen molar-refractivity contribution < 1.29 is 19.1 Å². The summed E-state index contributed by atoms with van der Waals surface area (Å²) >= 11 is 0. The molecule has 2 aromatic rings. The summed E-state index contributed by atoms with van der Waals surface area (Å²) in [6, 6.07) is 11.9. The molecule has 0 atom stereocenters. The van der Waals surface area contributed by atoms with Crippen molar-refractivity contribution in [1.82, 2.24) is 10.9 Å². The number of ether oxygens (including phenoxy) is 2. The Morgan fingerprint density at radius 2 is 1.54 bits per heavy atom. The van der Waals surface area contributed by atoms with Crippen LogP contribution in [0.5, 0.6) is 11.5 Å². The van der Waals surface area contributed by atoms with Crippen LogP contribution in [-0.2, 0) is 0 Å². The molecule has 138 valence electrons. The van der Waals surface area contributed by atoms with Crippen LogP contribution in [0, 0.1) is 6.92 Å². The van der Waals surface area contributed by atoms with Crippen molar-refractivity contribution in [2.24, 2.45) is 0 Å². The summed E-state index contributed by atoms with van der Waals surface area (Å²) in [5.74, 6) is 0.230. The van der Waals surface area contributed by atoms with Gasteiger partial charge in [-0.2, -0.15) is 0 Å². The Morgan fingerprint density at radius 3 is 2.15 bits per heavy atom. The number of aryl methyl sites for hydroxylation is 1. The van der Waals surface area contributed by atoms with Crippen LogP contribution in [0.25, 0.3) is 0 Å². The zero-order valence-electron chi connectivity index (χ0n) is 15.3. The minimum atomic E-state index is -0.441. The van der Waals surface area contributed by atoms with Gasteiger partial charge in [0.05, 0.1) is 13.7 Å². The van der Waals surface area contributed by atoms with Crippen molar-refractivity contribution in [3.8, 4) is 11.5 Å². The van der Waals surface area contributed by atoms with Gasteiger partial charge < -0.3 is 9.47 Å². The second kappa shape index (κ2) is 9.46. The van der Waals surface area contributed by atoms with Crippen LogP contribution >= 0.6 is 0 Å². The van der Waals surface area contributed by atoms with Crippen molar-refractivity contribution in [2.45, 2.75) is 26.7 Å². The first-order chi connectivity index (χ1) is 12.5. The number of unbranched alkanes of at least 4 members (excludes halogenated alkanes) is 1. The lowest BCUT2D eigenvalue weighted by molar-refractivity contribution is 0.0846. The summed E-state index contributed by atoms with van der Waals surface area (Å²) < 4.78 is 10.9. The van der Waals surface area contributed by atoms with Gasteiger partial charge in [0.1, 0.15) is 0 Å². The molecular weight excluding hydrogens is 332 g/mol. The second-order valence-electron chi connectivity index (χ2n) is 5.84. The van der Waals surface area contributed by atoms with Crippen molar-refractivity contribution >= 4 is 11.8 Å². The molecule has 0 aliphatic carbocycles. The van der Waals surface area contributed by atoms with Crippen LogP contribution in [0.15, 0.2) is 42.5 Å². The highest BCUT2D eigenvalue weighted by atomic mass is 16.5. The Bertz CT molecular complexity index is 757. The fraction of sp³-hybridized carbons (Fsp3) is 0.300. The molecule has 0 aromatic heterocycles. The van der Waals surface area contributed by atoms with Gasteiger partial charge in [-0.3, -0.25) is 20.4 Å². The Kier molecular flexibility index (Phi) is 7.02. The lowest BCUT2D eigenvalue weighted by Crippen LogP contribution is -2.41. The molecule has 6 nitrogen and oxygen atoms in total. The second-order valence-corrected chi connectivity index (χ2v) is 5.84. The minimum Gasteiger partial charge on any atom is -0.493 e. The van der Waals surface area contributed by atoms with Crippen molar-refractivity contribution in [2.75, 3.05) is 13.7 Å². The average Bonchev–Trinajstić information content (AvgIpc) is 2.66. The third-order valence-electron chi connectivity index (χ3n) is 3.78. The summed E-state index contributed by atoms with van der Waals surface area (Å²) in [6.45, 7) is 4.61. The van der Waals surface area contributed by atoms with Gasteiger partial charge >= 0.3 is 0 Å². The van der Waals surface area contributed by atoms with Gasteiger partial charge in [0.15, 0.2) is 11.5 Å². The van der Waals surface area contributed by atoms with Gasteiger partial charge in [0.25, 0.3) is 11.8 Å². The monoisotopic (exact) mass is 356 g/mol. The Labute approximate surface area is 153 Å². The summed E-state index contributed by atoms with van der Waals surface area (Å²) in [4.78, 5) is 24.3. The van der Waals surface area contributed by atoms with Crippen LogP contribution in [0.2, 0.25) is 0 Å². The van der Waals surface area contributed by atoms with E-state index < -0.39 is 5.91 Å². The number of hydrogen-bond donors (Lipinski definition) is 2. The van der Waals surface area contributed by atoms with E-state index in [1.807, 2.05) is 19.1 Å². The molecule has 2 amide bonds. The molecule has 6 heteroatoms. The normalized spacial score (nSPS) is 10.1. The number of carbonyl (C=O) groups is 2. The number of methoxy groups -OCH3 is 1. The maximum atomic E-state index is 12.3. The topological polar surface area (TPSA) is 76.7 Å². The molecule has 0 aliphatic heterocycles.